The maximum absolute atomic E-state index is 6.30. The fourth-order valence-electron chi connectivity index (χ4n) is 3.38. The van der Waals surface area contributed by atoms with Crippen molar-refractivity contribution < 1.29 is 14.2 Å². The average Bonchev–Trinajstić information content (AvgIpc) is 2.96. The van der Waals surface area contributed by atoms with Crippen LogP contribution in [0.15, 0.2) is 43.0 Å². The Labute approximate surface area is 133 Å². The molecule has 22 heavy (non-hydrogen) atoms. The maximum atomic E-state index is 6.30. The molecule has 2 fully saturated rings. The Morgan fingerprint density at radius 2 is 2.00 bits per heavy atom. The van der Waals surface area contributed by atoms with Crippen molar-refractivity contribution >= 4 is 0 Å². The lowest BCUT2D eigenvalue weighted by molar-refractivity contribution is -0.199. The highest BCUT2D eigenvalue weighted by molar-refractivity contribution is 5.13. The first kappa shape index (κ1) is 15.7. The Morgan fingerprint density at radius 1 is 1.23 bits per heavy atom. The van der Waals surface area contributed by atoms with Crippen LogP contribution in [0.5, 0.6) is 0 Å². The van der Waals surface area contributed by atoms with Crippen LogP contribution in [0.2, 0.25) is 0 Å². The minimum absolute atomic E-state index is 0.0130. The molecular weight excluding hydrogens is 276 g/mol. The molecule has 3 heteroatoms. The van der Waals surface area contributed by atoms with Crippen molar-refractivity contribution in [2.75, 3.05) is 6.61 Å². The number of ether oxygens (including phenoxy) is 3. The Kier molecular flexibility index (Phi) is 5.29. The van der Waals surface area contributed by atoms with Gasteiger partial charge in [-0.05, 0) is 24.8 Å². The van der Waals surface area contributed by atoms with Crippen LogP contribution in [0, 0.1) is 0 Å². The van der Waals surface area contributed by atoms with Crippen LogP contribution in [0.25, 0.3) is 0 Å². The number of hydrogen-bond acceptors (Lipinski definition) is 3. The molecule has 1 aromatic carbocycles. The van der Waals surface area contributed by atoms with Gasteiger partial charge in [-0.15, -0.1) is 6.58 Å². The van der Waals surface area contributed by atoms with Crippen molar-refractivity contribution in [3.8, 4) is 0 Å². The second kappa shape index (κ2) is 7.40. The molecule has 3 rings (SSSR count). The van der Waals surface area contributed by atoms with E-state index in [-0.39, 0.29) is 18.0 Å². The van der Waals surface area contributed by atoms with E-state index in [1.165, 1.54) is 24.8 Å². The highest BCUT2D eigenvalue weighted by atomic mass is 16.8. The molecule has 1 aliphatic carbocycles. The molecule has 0 N–H and O–H groups in total. The zero-order valence-corrected chi connectivity index (χ0v) is 13.2. The Bertz CT molecular complexity index is 465. The molecule has 2 aliphatic rings. The van der Waals surface area contributed by atoms with Crippen LogP contribution in [0.3, 0.4) is 0 Å². The molecule has 2 atom stereocenters. The zero-order valence-electron chi connectivity index (χ0n) is 13.2. The minimum Gasteiger partial charge on any atom is -0.370 e. The quantitative estimate of drug-likeness (QED) is 0.736. The Hall–Kier alpha value is -1.16. The summed E-state index contributed by atoms with van der Waals surface area (Å²) in [5, 5.41) is 0. The second-order valence-corrected chi connectivity index (χ2v) is 6.30. The minimum atomic E-state index is -0.335. The lowest BCUT2D eigenvalue weighted by Gasteiger charge is -2.32. The topological polar surface area (TPSA) is 27.7 Å². The van der Waals surface area contributed by atoms with Crippen LogP contribution in [0.4, 0.5) is 0 Å². The van der Waals surface area contributed by atoms with Gasteiger partial charge in [0, 0.05) is 12.8 Å². The Balaban J connectivity index is 1.58. The van der Waals surface area contributed by atoms with Gasteiger partial charge in [0.05, 0.1) is 19.3 Å². The van der Waals surface area contributed by atoms with Crippen molar-refractivity contribution in [3.63, 3.8) is 0 Å². The van der Waals surface area contributed by atoms with Gasteiger partial charge in [0.15, 0.2) is 5.79 Å². The van der Waals surface area contributed by atoms with Crippen molar-refractivity contribution in [2.45, 2.75) is 63.1 Å². The van der Waals surface area contributed by atoms with Crippen molar-refractivity contribution in [1.29, 1.82) is 0 Å². The van der Waals surface area contributed by atoms with Crippen LogP contribution in [0.1, 0.15) is 44.1 Å². The first-order valence-electron chi connectivity index (χ1n) is 8.39. The van der Waals surface area contributed by atoms with E-state index < -0.39 is 0 Å². The van der Waals surface area contributed by atoms with E-state index in [0.717, 1.165) is 19.3 Å². The lowest BCUT2D eigenvalue weighted by Crippen LogP contribution is -2.36. The third kappa shape index (κ3) is 3.78. The molecule has 1 saturated carbocycles. The van der Waals surface area contributed by atoms with Crippen LogP contribution in [-0.2, 0) is 20.8 Å². The van der Waals surface area contributed by atoms with E-state index >= 15 is 0 Å². The van der Waals surface area contributed by atoms with E-state index in [9.17, 15) is 0 Å². The molecular formula is C19H26O3. The van der Waals surface area contributed by atoms with Gasteiger partial charge < -0.3 is 14.2 Å². The molecule has 0 bridgehead atoms. The predicted octanol–water partition coefficient (Wildman–Crippen LogP) is 4.22. The zero-order chi connectivity index (χ0) is 15.3. The fraction of sp³-hybridized carbons (Fsp3) is 0.579. The van der Waals surface area contributed by atoms with Gasteiger partial charge in [0.25, 0.3) is 0 Å². The summed E-state index contributed by atoms with van der Waals surface area (Å²) >= 11 is 0. The standard InChI is InChI=1S/C19H26O3/c1-2-9-17(20-14-16-10-5-3-6-11-16)18-15-21-19(22-18)12-7-4-8-13-19/h2-3,5-6,10-11,17-18H,1,4,7-9,12-15H2/t17-,18+/m0/s1. The number of rotatable bonds is 6. The lowest BCUT2D eigenvalue weighted by atomic mass is 9.94. The summed E-state index contributed by atoms with van der Waals surface area (Å²) in [7, 11) is 0. The summed E-state index contributed by atoms with van der Waals surface area (Å²) in [5.74, 6) is -0.335. The predicted molar refractivity (Wildman–Crippen MR) is 86.5 cm³/mol. The summed E-state index contributed by atoms with van der Waals surface area (Å²) in [4.78, 5) is 0. The first-order valence-corrected chi connectivity index (χ1v) is 8.39. The summed E-state index contributed by atoms with van der Waals surface area (Å²) in [5.41, 5.74) is 1.18. The molecule has 1 aromatic rings. The highest BCUT2D eigenvalue weighted by Crippen LogP contribution is 2.39. The van der Waals surface area contributed by atoms with Gasteiger partial charge in [0.2, 0.25) is 0 Å². The van der Waals surface area contributed by atoms with Gasteiger partial charge >= 0.3 is 0 Å². The third-order valence-electron chi connectivity index (χ3n) is 4.61. The maximum Gasteiger partial charge on any atom is 0.169 e. The van der Waals surface area contributed by atoms with Gasteiger partial charge in [-0.1, -0.05) is 42.8 Å². The van der Waals surface area contributed by atoms with E-state index in [2.05, 4.69) is 18.7 Å². The summed E-state index contributed by atoms with van der Waals surface area (Å²) in [6.45, 7) is 5.09. The molecule has 0 unspecified atom stereocenters. The SMILES string of the molecule is C=CC[C@H](OCc1ccccc1)[C@H]1COC2(CCCCC2)O1. The largest absolute Gasteiger partial charge is 0.370 e. The molecule has 1 spiro atoms. The average molecular weight is 302 g/mol. The molecule has 0 radical (unpaired) electrons. The Morgan fingerprint density at radius 3 is 2.73 bits per heavy atom. The summed E-state index contributed by atoms with van der Waals surface area (Å²) in [6, 6.07) is 10.3. The van der Waals surface area contributed by atoms with Gasteiger partial charge in [0.1, 0.15) is 6.10 Å². The first-order chi connectivity index (χ1) is 10.8. The van der Waals surface area contributed by atoms with Gasteiger partial charge in [-0.3, -0.25) is 0 Å². The van der Waals surface area contributed by atoms with E-state index in [1.54, 1.807) is 0 Å². The monoisotopic (exact) mass is 302 g/mol. The molecule has 0 amide bonds. The van der Waals surface area contributed by atoms with Crippen molar-refractivity contribution in [2.24, 2.45) is 0 Å². The normalized spacial score (nSPS) is 25.2. The highest BCUT2D eigenvalue weighted by Gasteiger charge is 2.44. The molecule has 0 aromatic heterocycles. The van der Waals surface area contributed by atoms with E-state index in [0.29, 0.717) is 13.2 Å². The number of benzene rings is 1. The molecule has 120 valence electrons. The summed E-state index contributed by atoms with van der Waals surface area (Å²) < 4.78 is 18.4. The molecule has 1 saturated heterocycles. The fourth-order valence-corrected chi connectivity index (χ4v) is 3.38. The smallest absolute Gasteiger partial charge is 0.169 e. The summed E-state index contributed by atoms with van der Waals surface area (Å²) in [6.07, 6.45) is 8.44. The van der Waals surface area contributed by atoms with Crippen LogP contribution < -0.4 is 0 Å². The van der Waals surface area contributed by atoms with Crippen LogP contribution >= 0.6 is 0 Å². The van der Waals surface area contributed by atoms with E-state index in [1.807, 2.05) is 24.3 Å². The van der Waals surface area contributed by atoms with Crippen molar-refractivity contribution in [1.82, 2.24) is 0 Å². The van der Waals surface area contributed by atoms with Gasteiger partial charge in [-0.2, -0.15) is 0 Å². The second-order valence-electron chi connectivity index (χ2n) is 6.30. The molecule has 3 nitrogen and oxygen atoms in total. The van der Waals surface area contributed by atoms with Crippen LogP contribution in [-0.4, -0.2) is 24.6 Å². The van der Waals surface area contributed by atoms with E-state index in [4.69, 9.17) is 14.2 Å². The molecule has 1 aliphatic heterocycles. The third-order valence-corrected chi connectivity index (χ3v) is 4.61. The van der Waals surface area contributed by atoms with Gasteiger partial charge in [-0.25, -0.2) is 0 Å². The van der Waals surface area contributed by atoms with Crippen molar-refractivity contribution in [3.05, 3.63) is 48.6 Å². The molecule has 1 heterocycles. The number of hydrogen-bond donors (Lipinski definition) is 0.